The van der Waals surface area contributed by atoms with Crippen molar-refractivity contribution in [2.24, 2.45) is 0 Å². The predicted molar refractivity (Wildman–Crippen MR) is 61.1 cm³/mol. The van der Waals surface area contributed by atoms with Gasteiger partial charge in [0.2, 0.25) is 0 Å². The van der Waals surface area contributed by atoms with E-state index in [4.69, 9.17) is 14.6 Å². The Kier molecular flexibility index (Phi) is 9.00. The van der Waals surface area contributed by atoms with Crippen LogP contribution in [0.5, 0.6) is 0 Å². The second-order valence-electron chi connectivity index (χ2n) is 4.24. The summed E-state index contributed by atoms with van der Waals surface area (Å²) >= 11 is 0. The molecule has 0 saturated heterocycles. The summed E-state index contributed by atoms with van der Waals surface area (Å²) < 4.78 is 10.2. The van der Waals surface area contributed by atoms with Gasteiger partial charge in [-0.1, -0.05) is 0 Å². The number of hydrogen-bond acceptors (Lipinski definition) is 4. The summed E-state index contributed by atoms with van der Waals surface area (Å²) in [5.41, 5.74) is 0.0152. The van der Waals surface area contributed by atoms with E-state index in [2.05, 4.69) is 19.2 Å². The molecule has 0 aromatic carbocycles. The number of ether oxygens (including phenoxy) is 2. The highest BCUT2D eigenvalue weighted by atomic mass is 16.5. The van der Waals surface area contributed by atoms with Gasteiger partial charge in [-0.05, 0) is 33.2 Å². The minimum atomic E-state index is 0.0152. The molecule has 0 saturated carbocycles. The minimum Gasteiger partial charge on any atom is -0.396 e. The molecule has 0 bridgehead atoms. The van der Waals surface area contributed by atoms with Crippen molar-refractivity contribution in [3.05, 3.63) is 0 Å². The molecule has 0 rings (SSSR count). The van der Waals surface area contributed by atoms with Crippen LogP contribution in [-0.4, -0.2) is 50.7 Å². The van der Waals surface area contributed by atoms with Crippen LogP contribution in [0.2, 0.25) is 0 Å². The third-order valence-corrected chi connectivity index (χ3v) is 2.24. The van der Waals surface area contributed by atoms with Gasteiger partial charge in [0, 0.05) is 25.9 Å². The summed E-state index contributed by atoms with van der Waals surface area (Å²) in [5, 5.41) is 12.2. The largest absolute Gasteiger partial charge is 0.396 e. The lowest BCUT2D eigenvalue weighted by molar-refractivity contribution is 0.0686. The third kappa shape index (κ3) is 10.1. The number of hydrogen-bond donors (Lipinski definition) is 2. The molecule has 0 spiro atoms. The first-order valence-electron chi connectivity index (χ1n) is 5.55. The molecule has 0 aliphatic rings. The van der Waals surface area contributed by atoms with Crippen LogP contribution < -0.4 is 5.32 Å². The monoisotopic (exact) mass is 219 g/mol. The van der Waals surface area contributed by atoms with Gasteiger partial charge in [-0.15, -0.1) is 0 Å². The molecule has 0 radical (unpaired) electrons. The molecule has 0 aliphatic carbocycles. The van der Waals surface area contributed by atoms with Gasteiger partial charge in [-0.25, -0.2) is 0 Å². The molecule has 0 unspecified atom stereocenters. The predicted octanol–water partition coefficient (Wildman–Crippen LogP) is 0.790. The Hall–Kier alpha value is -0.160. The number of rotatable bonds is 10. The van der Waals surface area contributed by atoms with E-state index in [0.717, 1.165) is 26.0 Å². The lowest BCUT2D eigenvalue weighted by Gasteiger charge is -2.25. The zero-order chi connectivity index (χ0) is 11.6. The van der Waals surface area contributed by atoms with Crippen LogP contribution in [0.15, 0.2) is 0 Å². The second-order valence-corrected chi connectivity index (χ2v) is 4.24. The van der Waals surface area contributed by atoms with Crippen LogP contribution in [0.4, 0.5) is 0 Å². The molecule has 0 atom stereocenters. The summed E-state index contributed by atoms with van der Waals surface area (Å²) in [4.78, 5) is 0. The summed E-state index contributed by atoms with van der Waals surface area (Å²) in [6, 6.07) is 0. The normalized spacial score (nSPS) is 12.0. The Morgan fingerprint density at radius 3 is 2.53 bits per heavy atom. The van der Waals surface area contributed by atoms with E-state index < -0.39 is 0 Å². The lowest BCUT2D eigenvalue weighted by Crippen LogP contribution is -2.40. The highest BCUT2D eigenvalue weighted by Crippen LogP contribution is 2.06. The Morgan fingerprint density at radius 1 is 1.20 bits per heavy atom. The number of aliphatic hydroxyl groups excluding tert-OH is 1. The van der Waals surface area contributed by atoms with Crippen molar-refractivity contribution in [3.8, 4) is 0 Å². The molecular weight excluding hydrogens is 194 g/mol. The first kappa shape index (κ1) is 14.8. The Bertz CT molecular complexity index is 140. The first-order valence-corrected chi connectivity index (χ1v) is 5.55. The average molecular weight is 219 g/mol. The summed E-state index contributed by atoms with van der Waals surface area (Å²) in [6.07, 6.45) is 1.76. The lowest BCUT2D eigenvalue weighted by atomic mass is 10.0. The van der Waals surface area contributed by atoms with Crippen LogP contribution in [-0.2, 0) is 9.47 Å². The molecular formula is C11H25NO3. The molecule has 0 aliphatic heterocycles. The zero-order valence-corrected chi connectivity index (χ0v) is 10.2. The van der Waals surface area contributed by atoms with Crippen LogP contribution >= 0.6 is 0 Å². The SMILES string of the molecule is COCCOCCCNC(C)(C)CCO. The molecule has 0 heterocycles. The van der Waals surface area contributed by atoms with Crippen LogP contribution in [0.1, 0.15) is 26.7 Å². The van der Waals surface area contributed by atoms with Crippen molar-refractivity contribution < 1.29 is 14.6 Å². The molecule has 92 valence electrons. The average Bonchev–Trinajstić information content (AvgIpc) is 2.16. The van der Waals surface area contributed by atoms with Crippen molar-refractivity contribution in [2.75, 3.05) is 40.1 Å². The standard InChI is InChI=1S/C11H25NO3/c1-11(2,5-7-13)12-6-4-8-15-10-9-14-3/h12-13H,4-10H2,1-3H3. The van der Waals surface area contributed by atoms with E-state index in [1.54, 1.807) is 7.11 Å². The first-order chi connectivity index (χ1) is 7.12. The summed E-state index contributed by atoms with van der Waals surface area (Å²) in [6.45, 7) is 7.40. The fraction of sp³-hybridized carbons (Fsp3) is 1.00. The minimum absolute atomic E-state index is 0.0152. The van der Waals surface area contributed by atoms with Crippen LogP contribution in [0.25, 0.3) is 0 Å². The third-order valence-electron chi connectivity index (χ3n) is 2.24. The van der Waals surface area contributed by atoms with Gasteiger partial charge in [0.05, 0.1) is 13.2 Å². The molecule has 15 heavy (non-hydrogen) atoms. The highest BCUT2D eigenvalue weighted by Gasteiger charge is 2.14. The number of aliphatic hydroxyl groups is 1. The molecule has 4 nitrogen and oxygen atoms in total. The van der Waals surface area contributed by atoms with Crippen molar-refractivity contribution in [2.45, 2.75) is 32.2 Å². The Labute approximate surface area is 93.0 Å². The molecule has 4 heteroatoms. The fourth-order valence-corrected chi connectivity index (χ4v) is 1.21. The molecule has 0 aromatic rings. The zero-order valence-electron chi connectivity index (χ0n) is 10.2. The van der Waals surface area contributed by atoms with Gasteiger partial charge in [0.15, 0.2) is 0 Å². The van der Waals surface area contributed by atoms with E-state index in [0.29, 0.717) is 13.2 Å². The van der Waals surface area contributed by atoms with Crippen molar-refractivity contribution in [1.82, 2.24) is 5.32 Å². The summed E-state index contributed by atoms with van der Waals surface area (Å²) in [5.74, 6) is 0. The van der Waals surface area contributed by atoms with Gasteiger partial charge in [0.1, 0.15) is 0 Å². The maximum atomic E-state index is 8.82. The van der Waals surface area contributed by atoms with E-state index >= 15 is 0 Å². The quantitative estimate of drug-likeness (QED) is 0.533. The van der Waals surface area contributed by atoms with Gasteiger partial charge >= 0.3 is 0 Å². The van der Waals surface area contributed by atoms with Crippen molar-refractivity contribution >= 4 is 0 Å². The van der Waals surface area contributed by atoms with Crippen molar-refractivity contribution in [3.63, 3.8) is 0 Å². The van der Waals surface area contributed by atoms with Crippen LogP contribution in [0, 0.1) is 0 Å². The smallest absolute Gasteiger partial charge is 0.0700 e. The summed E-state index contributed by atoms with van der Waals surface area (Å²) in [7, 11) is 1.67. The van der Waals surface area contributed by atoms with Gasteiger partial charge in [0.25, 0.3) is 0 Å². The number of nitrogens with one attached hydrogen (secondary N) is 1. The van der Waals surface area contributed by atoms with Gasteiger partial charge < -0.3 is 19.9 Å². The van der Waals surface area contributed by atoms with Gasteiger partial charge in [-0.2, -0.15) is 0 Å². The van der Waals surface area contributed by atoms with E-state index in [1.165, 1.54) is 0 Å². The topological polar surface area (TPSA) is 50.7 Å². The van der Waals surface area contributed by atoms with E-state index in [1.807, 2.05) is 0 Å². The Morgan fingerprint density at radius 2 is 1.93 bits per heavy atom. The van der Waals surface area contributed by atoms with Crippen LogP contribution in [0.3, 0.4) is 0 Å². The number of methoxy groups -OCH3 is 1. The van der Waals surface area contributed by atoms with Crippen molar-refractivity contribution in [1.29, 1.82) is 0 Å². The van der Waals surface area contributed by atoms with E-state index in [-0.39, 0.29) is 12.1 Å². The maximum Gasteiger partial charge on any atom is 0.0700 e. The van der Waals surface area contributed by atoms with Gasteiger partial charge in [-0.3, -0.25) is 0 Å². The molecule has 2 N–H and O–H groups in total. The Balaban J connectivity index is 3.22. The second kappa shape index (κ2) is 9.09. The van der Waals surface area contributed by atoms with E-state index in [9.17, 15) is 0 Å². The maximum absolute atomic E-state index is 8.82. The molecule has 0 fully saturated rings. The highest BCUT2D eigenvalue weighted by molar-refractivity contribution is 4.76. The fourth-order valence-electron chi connectivity index (χ4n) is 1.21. The molecule has 0 aromatic heterocycles. The molecule has 0 amide bonds.